The van der Waals surface area contributed by atoms with E-state index in [1.807, 2.05) is 37.6 Å². The van der Waals surface area contributed by atoms with E-state index in [1.54, 1.807) is 29.7 Å². The summed E-state index contributed by atoms with van der Waals surface area (Å²) >= 11 is 1.71. The lowest BCUT2D eigenvalue weighted by Gasteiger charge is -2.12. The lowest BCUT2D eigenvalue weighted by atomic mass is 10.1. The number of phenols is 1. The van der Waals surface area contributed by atoms with Crippen LogP contribution < -0.4 is 5.32 Å². The highest BCUT2D eigenvalue weighted by atomic mass is 32.1. The van der Waals surface area contributed by atoms with E-state index in [-0.39, 0.29) is 17.7 Å². The van der Waals surface area contributed by atoms with Gasteiger partial charge in [-0.15, -0.1) is 11.3 Å². The predicted molar refractivity (Wildman–Crippen MR) is 121 cm³/mol. The number of aromatic hydroxyl groups is 1. The van der Waals surface area contributed by atoms with Crippen LogP contribution >= 0.6 is 11.3 Å². The van der Waals surface area contributed by atoms with Gasteiger partial charge in [-0.2, -0.15) is 5.10 Å². The third-order valence-electron chi connectivity index (χ3n) is 5.02. The number of carbonyl (C=O) groups excluding carboxylic acids is 1. The minimum atomic E-state index is -0.310. The van der Waals surface area contributed by atoms with Crippen LogP contribution in [-0.2, 0) is 0 Å². The van der Waals surface area contributed by atoms with Gasteiger partial charge < -0.3 is 10.4 Å². The first kappa shape index (κ1) is 20.1. The third kappa shape index (κ3) is 3.57. The van der Waals surface area contributed by atoms with Crippen molar-refractivity contribution in [1.82, 2.24) is 14.8 Å². The highest BCUT2D eigenvalue weighted by Gasteiger charge is 2.20. The average Bonchev–Trinajstić information content (AvgIpc) is 3.25. The molecule has 3 heterocycles. The van der Waals surface area contributed by atoms with Crippen LogP contribution in [-0.4, -0.2) is 25.8 Å². The standard InChI is InChI=1S/C23H24N4O2S/c1-12(2)27-22-18(11-24-27)17(10-20(25-22)16-9-14(4)30-15(16)5)23(29)26-19-7-6-13(3)8-21(19)28/h6-12,28H,1-5H3,(H,26,29). The number of phenolic OH excluding ortho intramolecular Hbond substituents is 1. The lowest BCUT2D eigenvalue weighted by Crippen LogP contribution is -2.13. The number of rotatable bonds is 4. The summed E-state index contributed by atoms with van der Waals surface area (Å²) in [6, 6.07) is 9.18. The highest BCUT2D eigenvalue weighted by Crippen LogP contribution is 2.33. The number of hydrogen-bond donors (Lipinski definition) is 2. The van der Waals surface area contributed by atoms with Crippen molar-refractivity contribution in [2.24, 2.45) is 0 Å². The van der Waals surface area contributed by atoms with Gasteiger partial charge in [0.1, 0.15) is 5.75 Å². The molecule has 0 radical (unpaired) electrons. The summed E-state index contributed by atoms with van der Waals surface area (Å²) in [7, 11) is 0. The molecule has 0 fully saturated rings. The molecule has 30 heavy (non-hydrogen) atoms. The molecule has 0 saturated carbocycles. The quantitative estimate of drug-likeness (QED) is 0.420. The molecule has 0 aliphatic heterocycles. The first-order valence-corrected chi connectivity index (χ1v) is 10.6. The molecule has 0 spiro atoms. The number of fused-ring (bicyclic) bond motifs is 1. The molecule has 0 aliphatic carbocycles. The Bertz CT molecular complexity index is 1270. The number of aromatic nitrogens is 3. The molecule has 0 aliphatic rings. The van der Waals surface area contributed by atoms with E-state index in [0.717, 1.165) is 21.7 Å². The second-order valence-corrected chi connectivity index (χ2v) is 9.24. The zero-order valence-corrected chi connectivity index (χ0v) is 18.5. The van der Waals surface area contributed by atoms with E-state index >= 15 is 0 Å². The van der Waals surface area contributed by atoms with Gasteiger partial charge in [0, 0.05) is 21.4 Å². The SMILES string of the molecule is Cc1ccc(NC(=O)c2cc(-c3cc(C)sc3C)nc3c2cnn3C(C)C)c(O)c1. The van der Waals surface area contributed by atoms with Crippen LogP contribution in [0.25, 0.3) is 22.3 Å². The van der Waals surface area contributed by atoms with E-state index in [1.165, 1.54) is 4.88 Å². The minimum absolute atomic E-state index is 0.0380. The smallest absolute Gasteiger partial charge is 0.256 e. The molecule has 3 aromatic heterocycles. The number of amides is 1. The largest absolute Gasteiger partial charge is 0.506 e. The van der Waals surface area contributed by atoms with Gasteiger partial charge >= 0.3 is 0 Å². The van der Waals surface area contributed by atoms with Gasteiger partial charge in [0.25, 0.3) is 5.91 Å². The molecule has 7 heteroatoms. The van der Waals surface area contributed by atoms with Crippen molar-refractivity contribution in [2.45, 2.75) is 40.7 Å². The van der Waals surface area contributed by atoms with Crippen molar-refractivity contribution in [2.75, 3.05) is 5.32 Å². The van der Waals surface area contributed by atoms with Gasteiger partial charge in [-0.1, -0.05) is 6.07 Å². The van der Waals surface area contributed by atoms with Gasteiger partial charge in [0.15, 0.2) is 5.65 Å². The van der Waals surface area contributed by atoms with Crippen LogP contribution in [0.4, 0.5) is 5.69 Å². The first-order valence-electron chi connectivity index (χ1n) is 9.81. The topological polar surface area (TPSA) is 80.0 Å². The Morgan fingerprint density at radius 2 is 1.93 bits per heavy atom. The van der Waals surface area contributed by atoms with Crippen molar-refractivity contribution in [3.8, 4) is 17.0 Å². The van der Waals surface area contributed by atoms with Crippen molar-refractivity contribution in [3.05, 3.63) is 57.4 Å². The lowest BCUT2D eigenvalue weighted by molar-refractivity contribution is 0.102. The number of carbonyl (C=O) groups is 1. The fourth-order valence-electron chi connectivity index (χ4n) is 3.54. The molecular formula is C23H24N4O2S. The van der Waals surface area contributed by atoms with Crippen LogP contribution in [0.5, 0.6) is 5.75 Å². The number of aryl methyl sites for hydroxylation is 3. The molecule has 1 amide bonds. The maximum absolute atomic E-state index is 13.2. The zero-order chi connectivity index (χ0) is 21.6. The fraction of sp³-hybridized carbons (Fsp3) is 0.261. The molecule has 4 rings (SSSR count). The van der Waals surface area contributed by atoms with Crippen LogP contribution in [0.2, 0.25) is 0 Å². The Kier molecular flexibility index (Phi) is 5.07. The number of anilines is 1. The molecule has 2 N–H and O–H groups in total. The van der Waals surface area contributed by atoms with Crippen LogP contribution in [0.1, 0.15) is 45.6 Å². The summed E-state index contributed by atoms with van der Waals surface area (Å²) in [4.78, 5) is 20.4. The normalized spacial score (nSPS) is 11.4. The fourth-order valence-corrected chi connectivity index (χ4v) is 4.48. The second-order valence-electron chi connectivity index (χ2n) is 7.78. The van der Waals surface area contributed by atoms with Crippen molar-refractivity contribution < 1.29 is 9.90 Å². The third-order valence-corrected chi connectivity index (χ3v) is 5.98. The summed E-state index contributed by atoms with van der Waals surface area (Å²) in [5.41, 5.74) is 4.19. The van der Waals surface area contributed by atoms with Gasteiger partial charge in [-0.05, 0) is 64.4 Å². The number of thiophene rings is 1. The number of pyridine rings is 1. The maximum Gasteiger partial charge on any atom is 0.256 e. The summed E-state index contributed by atoms with van der Waals surface area (Å²) in [6.07, 6.45) is 1.68. The summed E-state index contributed by atoms with van der Waals surface area (Å²) in [5.74, 6) is -0.272. The average molecular weight is 421 g/mol. The van der Waals surface area contributed by atoms with Crippen molar-refractivity contribution in [3.63, 3.8) is 0 Å². The van der Waals surface area contributed by atoms with E-state index in [9.17, 15) is 9.90 Å². The van der Waals surface area contributed by atoms with Crippen LogP contribution in [0, 0.1) is 20.8 Å². The highest BCUT2D eigenvalue weighted by molar-refractivity contribution is 7.12. The Morgan fingerprint density at radius 3 is 2.57 bits per heavy atom. The molecule has 154 valence electrons. The molecule has 4 aromatic rings. The van der Waals surface area contributed by atoms with Gasteiger partial charge in [0.05, 0.1) is 28.5 Å². The molecule has 0 atom stereocenters. The molecule has 1 aromatic carbocycles. The minimum Gasteiger partial charge on any atom is -0.506 e. The Hall–Kier alpha value is -3.19. The van der Waals surface area contributed by atoms with Crippen molar-refractivity contribution >= 4 is 34.0 Å². The predicted octanol–water partition coefficient (Wildman–Crippen LogP) is 5.62. The van der Waals surface area contributed by atoms with Crippen LogP contribution in [0.3, 0.4) is 0 Å². The molecule has 0 unspecified atom stereocenters. The van der Waals surface area contributed by atoms with Crippen molar-refractivity contribution in [1.29, 1.82) is 0 Å². The van der Waals surface area contributed by atoms with E-state index < -0.39 is 0 Å². The summed E-state index contributed by atoms with van der Waals surface area (Å²) < 4.78 is 1.83. The zero-order valence-electron chi connectivity index (χ0n) is 17.6. The first-order chi connectivity index (χ1) is 14.2. The summed E-state index contributed by atoms with van der Waals surface area (Å²) in [5, 5.41) is 18.2. The monoisotopic (exact) mass is 420 g/mol. The van der Waals surface area contributed by atoms with Gasteiger partial charge in [-0.25, -0.2) is 9.67 Å². The number of nitrogens with zero attached hydrogens (tertiary/aromatic N) is 3. The van der Waals surface area contributed by atoms with E-state index in [4.69, 9.17) is 4.98 Å². The Balaban J connectivity index is 1.87. The van der Waals surface area contributed by atoms with E-state index in [2.05, 4.69) is 30.3 Å². The Morgan fingerprint density at radius 1 is 1.17 bits per heavy atom. The van der Waals surface area contributed by atoms with Gasteiger partial charge in [0.2, 0.25) is 0 Å². The number of nitrogens with one attached hydrogen (secondary N) is 1. The Labute approximate surface area is 179 Å². The molecule has 0 bridgehead atoms. The molecule has 6 nitrogen and oxygen atoms in total. The second kappa shape index (κ2) is 7.57. The number of benzene rings is 1. The van der Waals surface area contributed by atoms with Crippen LogP contribution in [0.15, 0.2) is 36.5 Å². The van der Waals surface area contributed by atoms with Gasteiger partial charge in [-0.3, -0.25) is 4.79 Å². The number of hydrogen-bond acceptors (Lipinski definition) is 5. The molecular weight excluding hydrogens is 396 g/mol. The molecule has 0 saturated heterocycles. The summed E-state index contributed by atoms with van der Waals surface area (Å²) in [6.45, 7) is 10.1. The van der Waals surface area contributed by atoms with E-state index in [0.29, 0.717) is 22.3 Å². The maximum atomic E-state index is 13.2.